The van der Waals surface area contributed by atoms with Crippen molar-refractivity contribution >= 4 is 29.8 Å². The molecule has 14 nitrogen and oxygen atoms in total. The standard InChI is InChI=1S/C39H40N4O10S/c1-18-11-22-12-24-25(13-40)43-26-15-49-38(46)23(41-39(47)50-14-21-9-7-6-8-10-21)16-54-37(31(43)30(42(24)4)27(22)32(45)33(18)48-5)29-28(26)36-35(51-17-52-36)19(2)34(29)53-20(3)44/h6-11,23-26,30-31,37,45H,12,14-17H2,1-5H3,(H,41,47)/t23?,24-,25?,26+,30-,31?,37+/m0/s1. The van der Waals surface area contributed by atoms with E-state index in [1.807, 2.05) is 50.4 Å². The van der Waals surface area contributed by atoms with E-state index in [9.17, 15) is 24.8 Å². The zero-order valence-corrected chi connectivity index (χ0v) is 31.2. The van der Waals surface area contributed by atoms with Gasteiger partial charge in [0.1, 0.15) is 31.0 Å². The number of nitrogens with zero attached hydrogens (tertiary/aromatic N) is 3. The lowest BCUT2D eigenvalue weighted by Crippen LogP contribution is -2.69. The van der Waals surface area contributed by atoms with E-state index in [1.54, 1.807) is 6.92 Å². The summed E-state index contributed by atoms with van der Waals surface area (Å²) in [7, 11) is 3.47. The molecule has 6 heterocycles. The Balaban J connectivity index is 1.30. The van der Waals surface area contributed by atoms with E-state index >= 15 is 0 Å². The Morgan fingerprint density at radius 2 is 1.85 bits per heavy atom. The molecule has 54 heavy (non-hydrogen) atoms. The maximum Gasteiger partial charge on any atom is 0.408 e. The number of ether oxygens (including phenoxy) is 6. The third-order valence-electron chi connectivity index (χ3n) is 11.2. The van der Waals surface area contributed by atoms with Crippen LogP contribution in [0.4, 0.5) is 4.79 Å². The van der Waals surface area contributed by atoms with Crippen molar-refractivity contribution in [2.24, 2.45) is 0 Å². The summed E-state index contributed by atoms with van der Waals surface area (Å²) >= 11 is 1.35. The van der Waals surface area contributed by atoms with E-state index in [1.165, 1.54) is 25.8 Å². The van der Waals surface area contributed by atoms with Crippen LogP contribution in [-0.4, -0.2) is 90.4 Å². The summed E-state index contributed by atoms with van der Waals surface area (Å²) in [4.78, 5) is 44.0. The molecule has 0 radical (unpaired) electrons. The van der Waals surface area contributed by atoms with Gasteiger partial charge in [-0.1, -0.05) is 36.4 Å². The Morgan fingerprint density at radius 1 is 1.09 bits per heavy atom. The van der Waals surface area contributed by atoms with E-state index in [-0.39, 0.29) is 37.6 Å². The average molecular weight is 757 g/mol. The molecule has 3 aromatic rings. The van der Waals surface area contributed by atoms with Gasteiger partial charge in [-0.15, -0.1) is 11.8 Å². The van der Waals surface area contributed by atoms with Gasteiger partial charge in [0.15, 0.2) is 23.0 Å². The van der Waals surface area contributed by atoms with Crippen LogP contribution < -0.4 is 24.3 Å². The number of aryl methyl sites for hydroxylation is 1. The Labute approximate surface area is 316 Å². The zero-order chi connectivity index (χ0) is 38.0. The highest BCUT2D eigenvalue weighted by Gasteiger charge is 2.60. The number of carbonyl (C=O) groups is 3. The Morgan fingerprint density at radius 3 is 2.57 bits per heavy atom. The lowest BCUT2D eigenvalue weighted by molar-refractivity contribution is -0.151. The molecular weight excluding hydrogens is 717 g/mol. The number of esters is 2. The predicted molar refractivity (Wildman–Crippen MR) is 193 cm³/mol. The van der Waals surface area contributed by atoms with Crippen LogP contribution in [0.2, 0.25) is 0 Å². The highest BCUT2D eigenvalue weighted by molar-refractivity contribution is 7.99. The number of benzene rings is 3. The number of aromatic hydroxyl groups is 1. The van der Waals surface area contributed by atoms with E-state index < -0.39 is 53.5 Å². The second-order valence-corrected chi connectivity index (χ2v) is 15.3. The quantitative estimate of drug-likeness (QED) is 0.275. The molecular formula is C39H40N4O10S. The van der Waals surface area contributed by atoms with Crippen molar-refractivity contribution in [2.75, 3.05) is 33.3 Å². The monoisotopic (exact) mass is 756 g/mol. The van der Waals surface area contributed by atoms with Gasteiger partial charge in [0.2, 0.25) is 6.79 Å². The number of alkyl carbamates (subject to hydrolysis) is 1. The van der Waals surface area contributed by atoms with Crippen molar-refractivity contribution in [1.82, 2.24) is 15.1 Å². The first-order valence-corrected chi connectivity index (χ1v) is 18.8. The molecule has 6 aliphatic rings. The maximum absolute atomic E-state index is 13.8. The van der Waals surface area contributed by atoms with Gasteiger partial charge in [-0.2, -0.15) is 5.26 Å². The van der Waals surface area contributed by atoms with Gasteiger partial charge in [0, 0.05) is 47.0 Å². The number of methoxy groups -OCH3 is 1. The van der Waals surface area contributed by atoms with Crippen LogP contribution in [0.25, 0.3) is 0 Å². The van der Waals surface area contributed by atoms with E-state index in [0.29, 0.717) is 51.7 Å². The number of amides is 1. The Kier molecular flexibility index (Phi) is 9.23. The summed E-state index contributed by atoms with van der Waals surface area (Å²) in [6.07, 6.45) is -0.315. The minimum Gasteiger partial charge on any atom is -0.504 e. The third-order valence-corrected chi connectivity index (χ3v) is 12.6. The number of nitriles is 1. The Bertz CT molecular complexity index is 2090. The van der Waals surface area contributed by atoms with Gasteiger partial charge in [-0.25, -0.2) is 9.59 Å². The van der Waals surface area contributed by atoms with Crippen LogP contribution in [0.15, 0.2) is 36.4 Å². The lowest BCUT2D eigenvalue weighted by atomic mass is 9.71. The molecule has 0 aromatic heterocycles. The molecule has 0 spiro atoms. The van der Waals surface area contributed by atoms with Crippen LogP contribution in [0, 0.1) is 25.2 Å². The number of fused-ring (bicyclic) bond motifs is 10. The fourth-order valence-electron chi connectivity index (χ4n) is 8.97. The van der Waals surface area contributed by atoms with E-state index in [4.69, 9.17) is 28.4 Å². The van der Waals surface area contributed by atoms with Crippen LogP contribution >= 0.6 is 11.8 Å². The zero-order valence-electron chi connectivity index (χ0n) is 30.4. The first-order chi connectivity index (χ1) is 26.0. The largest absolute Gasteiger partial charge is 0.504 e. The Hall–Kier alpha value is -5.17. The maximum atomic E-state index is 13.8. The van der Waals surface area contributed by atoms with Gasteiger partial charge in [0.25, 0.3) is 0 Å². The highest BCUT2D eigenvalue weighted by Crippen LogP contribution is 2.64. The fraction of sp³-hybridized carbons (Fsp3) is 0.436. The van der Waals surface area contributed by atoms with E-state index in [0.717, 1.165) is 16.7 Å². The normalized spacial score (nSPS) is 26.7. The molecule has 7 atom stereocenters. The van der Waals surface area contributed by atoms with Crippen LogP contribution in [0.3, 0.4) is 0 Å². The molecule has 2 saturated heterocycles. The van der Waals surface area contributed by atoms with Crippen molar-refractivity contribution in [2.45, 2.75) is 75.3 Å². The first kappa shape index (κ1) is 35.8. The topological polar surface area (TPSA) is 169 Å². The number of phenolic OH excluding ortho intramolecular Hbond substituents is 1. The number of nitrogens with one attached hydrogen (secondary N) is 1. The summed E-state index contributed by atoms with van der Waals surface area (Å²) in [5.41, 5.74) is 4.95. The number of piperazine rings is 1. The summed E-state index contributed by atoms with van der Waals surface area (Å²) < 4.78 is 35.4. The SMILES string of the molecule is COc1c(C)cc2c(c1O)[C@H]1C3[C@@H]4SCC(NC(=O)OCc5ccccc5)C(=O)OC[C@H](c5c6c(c(C)c(OC(C)=O)c54)OCO6)N3C(C#N)[C@H](C2)N1C. The minimum absolute atomic E-state index is 0.00542. The van der Waals surface area contributed by atoms with Gasteiger partial charge >= 0.3 is 18.0 Å². The molecule has 4 bridgehead atoms. The van der Waals surface area contributed by atoms with Crippen LogP contribution in [0.5, 0.6) is 28.7 Å². The van der Waals surface area contributed by atoms with E-state index in [2.05, 4.69) is 21.2 Å². The van der Waals surface area contributed by atoms with Crippen molar-refractivity contribution < 1.29 is 47.9 Å². The van der Waals surface area contributed by atoms with Crippen molar-refractivity contribution in [1.29, 1.82) is 5.26 Å². The molecule has 0 aliphatic carbocycles. The van der Waals surface area contributed by atoms with Gasteiger partial charge in [-0.05, 0) is 44.0 Å². The van der Waals surface area contributed by atoms with Crippen molar-refractivity contribution in [3.63, 3.8) is 0 Å². The second-order valence-electron chi connectivity index (χ2n) is 14.1. The smallest absolute Gasteiger partial charge is 0.408 e. The summed E-state index contributed by atoms with van der Waals surface area (Å²) in [6.45, 7) is 4.70. The van der Waals surface area contributed by atoms with Crippen LogP contribution in [0.1, 0.15) is 63.2 Å². The summed E-state index contributed by atoms with van der Waals surface area (Å²) in [6, 6.07) is 9.83. The highest BCUT2D eigenvalue weighted by atomic mass is 32.2. The molecule has 2 fully saturated rings. The number of rotatable bonds is 5. The molecule has 2 N–H and O–H groups in total. The number of likely N-dealkylation sites (N-methyl/N-ethyl adjacent to an activating group) is 1. The summed E-state index contributed by atoms with van der Waals surface area (Å²) in [5, 5.41) is 25.0. The molecule has 1 amide bonds. The predicted octanol–water partition coefficient (Wildman–Crippen LogP) is 4.53. The first-order valence-electron chi connectivity index (χ1n) is 17.7. The minimum atomic E-state index is -1.11. The lowest BCUT2D eigenvalue weighted by Gasteiger charge is -2.61. The molecule has 282 valence electrons. The number of carbonyl (C=O) groups excluding carboxylic acids is 3. The molecule has 15 heteroatoms. The molecule has 3 unspecified atom stereocenters. The van der Waals surface area contributed by atoms with Crippen LogP contribution in [-0.2, 0) is 32.1 Å². The molecule has 3 aromatic carbocycles. The molecule has 6 aliphatic heterocycles. The molecule has 9 rings (SSSR count). The number of phenols is 1. The van der Waals surface area contributed by atoms with Gasteiger partial charge in [0.05, 0.1) is 30.5 Å². The number of hydrogen-bond donors (Lipinski definition) is 2. The molecule has 0 saturated carbocycles. The second kappa shape index (κ2) is 13.9. The van der Waals surface area contributed by atoms with Crippen molar-refractivity contribution in [3.05, 3.63) is 75.3 Å². The third kappa shape index (κ3) is 5.66. The average Bonchev–Trinajstić information content (AvgIpc) is 3.64. The number of thioether (sulfide) groups is 1. The van der Waals surface area contributed by atoms with Gasteiger partial charge < -0.3 is 38.8 Å². The fourth-order valence-corrected chi connectivity index (χ4v) is 10.5. The number of hydrogen-bond acceptors (Lipinski definition) is 14. The van der Waals surface area contributed by atoms with Gasteiger partial charge in [-0.3, -0.25) is 14.6 Å². The summed E-state index contributed by atoms with van der Waals surface area (Å²) in [5.74, 6) is 0.331. The van der Waals surface area contributed by atoms with Crippen molar-refractivity contribution in [3.8, 4) is 34.8 Å².